The molecule has 218 valence electrons. The number of carbonyl (C=O) groups excluding carboxylic acids is 3. The first-order chi connectivity index (χ1) is 18.9. The number of hydrogen-bond donors (Lipinski definition) is 2. The van der Waals surface area contributed by atoms with Crippen molar-refractivity contribution in [3.63, 3.8) is 0 Å². The lowest BCUT2D eigenvalue weighted by Gasteiger charge is -2.31. The topological polar surface area (TPSA) is 91.0 Å². The monoisotopic (exact) mass is 608 g/mol. The molecule has 40 heavy (non-hydrogen) atoms. The zero-order chi connectivity index (χ0) is 29.0. The Hall–Kier alpha value is -2.81. The van der Waals surface area contributed by atoms with Gasteiger partial charge in [0.1, 0.15) is 12.6 Å². The van der Waals surface area contributed by atoms with E-state index >= 15 is 0 Å². The number of nitrogens with zero attached hydrogens (tertiary/aromatic N) is 2. The van der Waals surface area contributed by atoms with Gasteiger partial charge in [-0.3, -0.25) is 19.3 Å². The number of benzene rings is 1. The number of hydrogen-bond acceptors (Lipinski definition) is 6. The van der Waals surface area contributed by atoms with E-state index in [4.69, 9.17) is 16.3 Å². The van der Waals surface area contributed by atoms with Crippen molar-refractivity contribution in [2.24, 2.45) is 5.92 Å². The first kappa shape index (κ1) is 30.2. The molecule has 2 fully saturated rings. The Morgan fingerprint density at radius 2 is 1.95 bits per heavy atom. The molecule has 2 aliphatic rings. The average molecular weight is 609 g/mol. The number of morpholine rings is 1. The van der Waals surface area contributed by atoms with E-state index in [9.17, 15) is 36.3 Å². The van der Waals surface area contributed by atoms with Crippen molar-refractivity contribution >= 4 is 52.0 Å². The Bertz CT molecular complexity index is 1240. The van der Waals surface area contributed by atoms with E-state index in [2.05, 4.69) is 10.6 Å². The van der Waals surface area contributed by atoms with Crippen molar-refractivity contribution in [2.45, 2.75) is 31.5 Å². The van der Waals surface area contributed by atoms with Crippen LogP contribution in [0.25, 0.3) is 0 Å². The first-order valence-corrected chi connectivity index (χ1v) is 13.6. The van der Waals surface area contributed by atoms with E-state index in [0.29, 0.717) is 4.34 Å². The van der Waals surface area contributed by atoms with E-state index in [0.717, 1.165) is 41.2 Å². The van der Waals surface area contributed by atoms with Crippen LogP contribution in [-0.4, -0.2) is 74.5 Å². The van der Waals surface area contributed by atoms with Crippen LogP contribution in [0.4, 0.5) is 33.3 Å². The van der Waals surface area contributed by atoms with E-state index in [1.807, 2.05) is 0 Å². The molecule has 0 radical (unpaired) electrons. The number of amides is 3. The fraction of sp³-hybridized carbons (Fsp3) is 0.480. The second-order valence-corrected chi connectivity index (χ2v) is 11.1. The van der Waals surface area contributed by atoms with Gasteiger partial charge < -0.3 is 20.3 Å². The molecule has 1 aliphatic carbocycles. The number of anilines is 2. The summed E-state index contributed by atoms with van der Waals surface area (Å²) in [5.74, 6) is -2.04. The van der Waals surface area contributed by atoms with E-state index in [1.54, 1.807) is 0 Å². The second kappa shape index (κ2) is 12.8. The summed E-state index contributed by atoms with van der Waals surface area (Å²) in [6, 6.07) is 4.57. The highest BCUT2D eigenvalue weighted by atomic mass is 35.5. The van der Waals surface area contributed by atoms with Gasteiger partial charge in [-0.25, -0.2) is 8.78 Å². The van der Waals surface area contributed by atoms with E-state index in [1.165, 1.54) is 23.1 Å². The van der Waals surface area contributed by atoms with Crippen LogP contribution in [0.5, 0.6) is 0 Å². The summed E-state index contributed by atoms with van der Waals surface area (Å²) in [6.45, 7) is -1.18. The van der Waals surface area contributed by atoms with Gasteiger partial charge in [-0.2, -0.15) is 13.2 Å². The molecule has 0 spiro atoms. The minimum Gasteiger partial charge on any atom is -0.370 e. The standard InChI is InChI=1S/C25H26ClF5N4O4S/c26-20-6-5-19(40-20)24(38)32-10-18(34(12-21(27)28)11-14-1-2-14)23(37)33-17-4-3-15(9-16(17)25(29,30)31)35-7-8-39-13-22(35)36/h3-6,9,14,18,21H,1-2,7-8,10-13H2,(H,32,38)(H,33,37)/t18-/m1/s1. The van der Waals surface area contributed by atoms with Gasteiger partial charge in [0, 0.05) is 25.3 Å². The zero-order valence-electron chi connectivity index (χ0n) is 21.0. The minimum atomic E-state index is -4.91. The van der Waals surface area contributed by atoms with Gasteiger partial charge in [-0.05, 0) is 49.1 Å². The Morgan fingerprint density at radius 1 is 1.20 bits per heavy atom. The second-order valence-electron chi connectivity index (χ2n) is 9.43. The number of ether oxygens (including phenoxy) is 1. The van der Waals surface area contributed by atoms with E-state index < -0.39 is 60.7 Å². The Morgan fingerprint density at radius 3 is 2.55 bits per heavy atom. The van der Waals surface area contributed by atoms with Crippen molar-refractivity contribution < 1.29 is 41.1 Å². The number of halogens is 6. The third-order valence-corrected chi connectivity index (χ3v) is 7.65. The zero-order valence-corrected chi connectivity index (χ0v) is 22.6. The molecule has 4 rings (SSSR count). The molecule has 2 aromatic rings. The van der Waals surface area contributed by atoms with Crippen molar-refractivity contribution in [1.29, 1.82) is 0 Å². The summed E-state index contributed by atoms with van der Waals surface area (Å²) < 4.78 is 74.5. The highest BCUT2D eigenvalue weighted by Crippen LogP contribution is 2.38. The Labute approximate surface area is 235 Å². The third-order valence-electron chi connectivity index (χ3n) is 6.42. The van der Waals surface area contributed by atoms with Gasteiger partial charge in [-0.15, -0.1) is 11.3 Å². The lowest BCUT2D eigenvalue weighted by Crippen LogP contribution is -2.52. The number of alkyl halides is 5. The predicted octanol–water partition coefficient (Wildman–Crippen LogP) is 4.50. The van der Waals surface area contributed by atoms with Gasteiger partial charge in [-0.1, -0.05) is 11.6 Å². The third kappa shape index (κ3) is 7.89. The van der Waals surface area contributed by atoms with Crippen molar-refractivity contribution in [3.05, 3.63) is 45.1 Å². The number of nitrogens with one attached hydrogen (secondary N) is 2. The lowest BCUT2D eigenvalue weighted by molar-refractivity contribution is -0.137. The van der Waals surface area contributed by atoms with Gasteiger partial charge in [0.25, 0.3) is 18.2 Å². The first-order valence-electron chi connectivity index (χ1n) is 12.4. The Balaban J connectivity index is 1.59. The van der Waals surface area contributed by atoms with Crippen LogP contribution in [0, 0.1) is 5.92 Å². The van der Waals surface area contributed by atoms with E-state index in [-0.39, 0.29) is 42.8 Å². The van der Waals surface area contributed by atoms with Crippen molar-refractivity contribution in [2.75, 3.05) is 49.6 Å². The molecule has 1 saturated carbocycles. The molecule has 1 atom stereocenters. The Kier molecular flexibility index (Phi) is 9.64. The summed E-state index contributed by atoms with van der Waals surface area (Å²) >= 11 is 6.84. The maximum absolute atomic E-state index is 14.0. The smallest absolute Gasteiger partial charge is 0.370 e. The molecule has 1 aromatic heterocycles. The lowest BCUT2D eigenvalue weighted by atomic mass is 10.1. The fourth-order valence-electron chi connectivity index (χ4n) is 4.29. The predicted molar refractivity (Wildman–Crippen MR) is 139 cm³/mol. The van der Waals surface area contributed by atoms with Crippen LogP contribution in [-0.2, 0) is 20.5 Å². The number of thiophene rings is 1. The number of carbonyl (C=O) groups is 3. The van der Waals surface area contributed by atoms with Crippen LogP contribution in [0.15, 0.2) is 30.3 Å². The highest BCUT2D eigenvalue weighted by Gasteiger charge is 2.38. The molecule has 1 aliphatic heterocycles. The van der Waals surface area contributed by atoms with Crippen LogP contribution < -0.4 is 15.5 Å². The van der Waals surface area contributed by atoms with Crippen LogP contribution in [0.3, 0.4) is 0 Å². The van der Waals surface area contributed by atoms with Crippen LogP contribution in [0.2, 0.25) is 4.34 Å². The molecular weight excluding hydrogens is 583 g/mol. The molecule has 2 heterocycles. The molecule has 0 unspecified atom stereocenters. The maximum atomic E-state index is 14.0. The molecule has 3 amide bonds. The SMILES string of the molecule is O=C(NC[C@H](C(=O)Nc1ccc(N2CCOCC2=O)cc1C(F)(F)F)N(CC(F)F)CC1CC1)c1ccc(Cl)s1. The molecule has 1 aromatic carbocycles. The largest absolute Gasteiger partial charge is 0.418 e. The van der Waals surface area contributed by atoms with Crippen LogP contribution >= 0.6 is 22.9 Å². The molecule has 15 heteroatoms. The van der Waals surface area contributed by atoms with Gasteiger partial charge in [0.15, 0.2) is 0 Å². The van der Waals surface area contributed by atoms with Crippen molar-refractivity contribution in [3.8, 4) is 0 Å². The van der Waals surface area contributed by atoms with Crippen LogP contribution in [0.1, 0.15) is 28.1 Å². The minimum absolute atomic E-state index is 0.0230. The summed E-state index contributed by atoms with van der Waals surface area (Å²) in [5.41, 5.74) is -1.84. The summed E-state index contributed by atoms with van der Waals surface area (Å²) in [5, 5.41) is 4.75. The van der Waals surface area contributed by atoms with Gasteiger partial charge >= 0.3 is 6.18 Å². The molecule has 2 N–H and O–H groups in total. The normalized spacial score (nSPS) is 16.9. The quantitative estimate of drug-likeness (QED) is 0.367. The van der Waals surface area contributed by atoms with Gasteiger partial charge in [0.05, 0.1) is 33.6 Å². The molecule has 0 bridgehead atoms. The van der Waals surface area contributed by atoms with Gasteiger partial charge in [0.2, 0.25) is 5.91 Å². The van der Waals surface area contributed by atoms with Crippen molar-refractivity contribution in [1.82, 2.24) is 10.2 Å². The molecule has 8 nitrogen and oxygen atoms in total. The highest BCUT2D eigenvalue weighted by molar-refractivity contribution is 7.18. The fourth-order valence-corrected chi connectivity index (χ4v) is 5.25. The summed E-state index contributed by atoms with van der Waals surface area (Å²) in [4.78, 5) is 40.7. The maximum Gasteiger partial charge on any atom is 0.418 e. The number of rotatable bonds is 11. The molecule has 1 saturated heterocycles. The average Bonchev–Trinajstić information content (AvgIpc) is 3.59. The molecular formula is C25H26ClF5N4O4S. The summed E-state index contributed by atoms with van der Waals surface area (Å²) in [6.07, 6.45) is -6.19. The summed E-state index contributed by atoms with van der Waals surface area (Å²) in [7, 11) is 0.